The lowest BCUT2D eigenvalue weighted by Crippen LogP contribution is -2.48. The number of aliphatic carboxylic acids is 1. The SMILES string of the molecule is CC(CCC(=O)O)CNC(=O)C(CCCC#N)NC(=O)OCC1c2ccccc2-c2ccccc21. The minimum atomic E-state index is -0.880. The van der Waals surface area contributed by atoms with Crippen LogP contribution in [0.3, 0.4) is 0 Å². The van der Waals surface area contributed by atoms with Crippen molar-refractivity contribution in [1.82, 2.24) is 10.6 Å². The molecule has 8 nitrogen and oxygen atoms in total. The van der Waals surface area contributed by atoms with E-state index < -0.39 is 18.1 Å². The van der Waals surface area contributed by atoms with Gasteiger partial charge in [-0.3, -0.25) is 9.59 Å². The van der Waals surface area contributed by atoms with Gasteiger partial charge in [-0.2, -0.15) is 5.26 Å². The third kappa shape index (κ3) is 7.06. The molecule has 3 rings (SSSR count). The standard InChI is InChI=1S/C27H31N3O5/c1-18(13-14-25(31)32)16-29-26(33)24(12-6-7-15-28)30-27(34)35-17-23-21-10-4-2-8-19(21)20-9-3-5-11-22(20)23/h2-5,8-11,18,23-24H,6-7,12-14,16-17H2,1H3,(H,29,33)(H,30,34)(H,31,32). The van der Waals surface area contributed by atoms with Gasteiger partial charge in [0.1, 0.15) is 12.6 Å². The number of nitriles is 1. The van der Waals surface area contributed by atoms with Crippen molar-refractivity contribution >= 4 is 18.0 Å². The summed E-state index contributed by atoms with van der Waals surface area (Å²) in [5.74, 6) is -1.37. The Hall–Kier alpha value is -3.86. The first-order valence-corrected chi connectivity index (χ1v) is 11.9. The zero-order valence-electron chi connectivity index (χ0n) is 19.8. The van der Waals surface area contributed by atoms with Gasteiger partial charge in [0.25, 0.3) is 0 Å². The average Bonchev–Trinajstić information content (AvgIpc) is 3.18. The highest BCUT2D eigenvalue weighted by Gasteiger charge is 2.29. The van der Waals surface area contributed by atoms with E-state index >= 15 is 0 Å². The fourth-order valence-corrected chi connectivity index (χ4v) is 4.31. The second-order valence-electron chi connectivity index (χ2n) is 8.86. The van der Waals surface area contributed by atoms with Crippen molar-refractivity contribution in [2.45, 2.75) is 51.0 Å². The van der Waals surface area contributed by atoms with E-state index in [1.165, 1.54) is 0 Å². The number of nitrogens with zero attached hydrogens (tertiary/aromatic N) is 1. The summed E-state index contributed by atoms with van der Waals surface area (Å²) < 4.78 is 5.56. The Labute approximate surface area is 205 Å². The van der Waals surface area contributed by atoms with Crippen LogP contribution in [0, 0.1) is 17.2 Å². The second-order valence-corrected chi connectivity index (χ2v) is 8.86. The zero-order chi connectivity index (χ0) is 25.2. The lowest BCUT2D eigenvalue weighted by atomic mass is 9.98. The molecule has 2 aromatic rings. The third-order valence-corrected chi connectivity index (χ3v) is 6.21. The first-order valence-electron chi connectivity index (χ1n) is 11.9. The molecule has 0 spiro atoms. The molecule has 8 heteroatoms. The number of carbonyl (C=O) groups excluding carboxylic acids is 2. The molecule has 3 N–H and O–H groups in total. The Morgan fingerprint density at radius 3 is 2.29 bits per heavy atom. The Bertz CT molecular complexity index is 1050. The smallest absolute Gasteiger partial charge is 0.407 e. The maximum Gasteiger partial charge on any atom is 0.407 e. The molecule has 0 radical (unpaired) electrons. The topological polar surface area (TPSA) is 129 Å². The Kier molecular flexibility index (Phi) is 9.24. The summed E-state index contributed by atoms with van der Waals surface area (Å²) in [7, 11) is 0. The summed E-state index contributed by atoms with van der Waals surface area (Å²) in [6, 6.07) is 17.3. The number of carbonyl (C=O) groups is 3. The number of rotatable bonds is 12. The van der Waals surface area contributed by atoms with Gasteiger partial charge in [0.2, 0.25) is 5.91 Å². The van der Waals surface area contributed by atoms with Gasteiger partial charge in [-0.15, -0.1) is 0 Å². The third-order valence-electron chi connectivity index (χ3n) is 6.21. The van der Waals surface area contributed by atoms with Crippen LogP contribution in [0.4, 0.5) is 4.79 Å². The van der Waals surface area contributed by atoms with Crippen molar-refractivity contribution in [3.8, 4) is 17.2 Å². The van der Waals surface area contributed by atoms with Gasteiger partial charge in [-0.25, -0.2) is 4.79 Å². The second kappa shape index (κ2) is 12.6. The summed E-state index contributed by atoms with van der Waals surface area (Å²) in [4.78, 5) is 36.1. The number of hydrogen-bond acceptors (Lipinski definition) is 5. The van der Waals surface area contributed by atoms with Crippen molar-refractivity contribution in [3.05, 3.63) is 59.7 Å². The summed E-state index contributed by atoms with van der Waals surface area (Å²) in [6.45, 7) is 2.29. The molecule has 0 aromatic heterocycles. The lowest BCUT2D eigenvalue weighted by Gasteiger charge is -2.20. The molecule has 0 aliphatic heterocycles. The van der Waals surface area contributed by atoms with Crippen molar-refractivity contribution in [3.63, 3.8) is 0 Å². The van der Waals surface area contributed by atoms with E-state index in [9.17, 15) is 14.4 Å². The van der Waals surface area contributed by atoms with Crippen LogP contribution < -0.4 is 10.6 Å². The number of alkyl carbamates (subject to hydrolysis) is 1. The minimum Gasteiger partial charge on any atom is -0.481 e. The number of amides is 2. The van der Waals surface area contributed by atoms with Gasteiger partial charge in [-0.05, 0) is 47.4 Å². The number of fused-ring (bicyclic) bond motifs is 3. The fourth-order valence-electron chi connectivity index (χ4n) is 4.31. The van der Waals surface area contributed by atoms with Gasteiger partial charge in [0, 0.05) is 25.3 Å². The molecular formula is C27H31N3O5. The molecule has 184 valence electrons. The van der Waals surface area contributed by atoms with Crippen LogP contribution in [0.5, 0.6) is 0 Å². The van der Waals surface area contributed by atoms with E-state index in [1.807, 2.05) is 49.4 Å². The summed E-state index contributed by atoms with van der Waals surface area (Å²) in [6.07, 6.45) is 0.795. The van der Waals surface area contributed by atoms with E-state index in [0.717, 1.165) is 22.3 Å². The molecule has 35 heavy (non-hydrogen) atoms. The van der Waals surface area contributed by atoms with E-state index in [0.29, 0.717) is 25.8 Å². The first-order chi connectivity index (χ1) is 16.9. The molecule has 0 saturated heterocycles. The lowest BCUT2D eigenvalue weighted by molar-refractivity contribution is -0.137. The quantitative estimate of drug-likeness (QED) is 0.393. The van der Waals surface area contributed by atoms with Gasteiger partial charge >= 0.3 is 12.1 Å². The summed E-state index contributed by atoms with van der Waals surface area (Å²) in [5, 5.41) is 23.1. The molecule has 2 unspecified atom stereocenters. The molecule has 2 atom stereocenters. The minimum absolute atomic E-state index is 0.0238. The zero-order valence-corrected chi connectivity index (χ0v) is 19.8. The van der Waals surface area contributed by atoms with Crippen LogP contribution in [0.1, 0.15) is 56.1 Å². The number of nitrogens with one attached hydrogen (secondary N) is 2. The average molecular weight is 478 g/mol. The molecule has 0 heterocycles. The number of ether oxygens (including phenoxy) is 1. The van der Waals surface area contributed by atoms with E-state index in [-0.39, 0.29) is 37.2 Å². The number of carboxylic acid groups (broad SMARTS) is 1. The Morgan fingerprint density at radius 2 is 1.69 bits per heavy atom. The van der Waals surface area contributed by atoms with Crippen molar-refractivity contribution < 1.29 is 24.2 Å². The molecule has 2 amide bonds. The van der Waals surface area contributed by atoms with Gasteiger partial charge in [0.05, 0.1) is 6.07 Å². The van der Waals surface area contributed by atoms with Crippen molar-refractivity contribution in [2.75, 3.05) is 13.2 Å². The van der Waals surface area contributed by atoms with Crippen LogP contribution in [-0.2, 0) is 14.3 Å². The summed E-state index contributed by atoms with van der Waals surface area (Å²) in [5.41, 5.74) is 4.45. The normalized spacial score (nSPS) is 13.6. The number of benzene rings is 2. The van der Waals surface area contributed by atoms with E-state index in [1.54, 1.807) is 0 Å². The monoisotopic (exact) mass is 477 g/mol. The van der Waals surface area contributed by atoms with Crippen LogP contribution in [0.2, 0.25) is 0 Å². The molecule has 2 aromatic carbocycles. The van der Waals surface area contributed by atoms with Crippen molar-refractivity contribution in [1.29, 1.82) is 5.26 Å². The Balaban J connectivity index is 1.58. The van der Waals surface area contributed by atoms with Crippen LogP contribution in [-0.4, -0.2) is 42.3 Å². The molecule has 1 aliphatic carbocycles. The van der Waals surface area contributed by atoms with E-state index in [4.69, 9.17) is 15.1 Å². The largest absolute Gasteiger partial charge is 0.481 e. The predicted octanol–water partition coefficient (Wildman–Crippen LogP) is 4.20. The highest BCUT2D eigenvalue weighted by atomic mass is 16.5. The molecule has 0 fully saturated rings. The number of hydrogen-bond donors (Lipinski definition) is 3. The van der Waals surface area contributed by atoms with Gasteiger partial charge < -0.3 is 20.5 Å². The summed E-state index contributed by atoms with van der Waals surface area (Å²) >= 11 is 0. The molecular weight excluding hydrogens is 446 g/mol. The van der Waals surface area contributed by atoms with Crippen LogP contribution in [0.15, 0.2) is 48.5 Å². The van der Waals surface area contributed by atoms with Crippen molar-refractivity contribution in [2.24, 2.45) is 5.92 Å². The molecule has 0 saturated carbocycles. The van der Waals surface area contributed by atoms with Gasteiger partial charge in [0.15, 0.2) is 0 Å². The van der Waals surface area contributed by atoms with Crippen LogP contribution in [0.25, 0.3) is 11.1 Å². The maximum atomic E-state index is 12.7. The van der Waals surface area contributed by atoms with Gasteiger partial charge in [-0.1, -0.05) is 55.5 Å². The number of carboxylic acids is 1. The predicted molar refractivity (Wildman–Crippen MR) is 131 cm³/mol. The highest BCUT2D eigenvalue weighted by Crippen LogP contribution is 2.44. The maximum absolute atomic E-state index is 12.7. The Morgan fingerprint density at radius 1 is 1.06 bits per heavy atom. The molecule has 1 aliphatic rings. The highest BCUT2D eigenvalue weighted by molar-refractivity contribution is 5.85. The number of unbranched alkanes of at least 4 members (excludes halogenated alkanes) is 1. The molecule has 0 bridgehead atoms. The van der Waals surface area contributed by atoms with Crippen LogP contribution >= 0.6 is 0 Å². The van der Waals surface area contributed by atoms with E-state index in [2.05, 4.69) is 22.8 Å². The fraction of sp³-hybridized carbons (Fsp3) is 0.407. The first kappa shape index (κ1) is 25.8.